The highest BCUT2D eigenvalue weighted by Gasteiger charge is 2.05. The van der Waals surface area contributed by atoms with Gasteiger partial charge in [0.15, 0.2) is 0 Å². The van der Waals surface area contributed by atoms with E-state index in [0.717, 1.165) is 6.42 Å². The van der Waals surface area contributed by atoms with E-state index in [0.29, 0.717) is 13.2 Å². The summed E-state index contributed by atoms with van der Waals surface area (Å²) in [6, 6.07) is 10.2. The van der Waals surface area contributed by atoms with Gasteiger partial charge in [-0.15, -0.1) is 0 Å². The molecular formula is C12H18O2. The van der Waals surface area contributed by atoms with Gasteiger partial charge in [0.1, 0.15) is 0 Å². The Balaban J connectivity index is 2.32. The van der Waals surface area contributed by atoms with E-state index in [1.54, 1.807) is 7.11 Å². The lowest BCUT2D eigenvalue weighted by Crippen LogP contribution is -2.17. The Hall–Kier alpha value is -0.860. The molecule has 0 bridgehead atoms. The number of ether oxygens (including phenoxy) is 2. The highest BCUT2D eigenvalue weighted by atomic mass is 16.5. The summed E-state index contributed by atoms with van der Waals surface area (Å²) in [5.74, 6) is 0. The van der Waals surface area contributed by atoms with Gasteiger partial charge in [-0.2, -0.15) is 0 Å². The molecule has 2 heteroatoms. The van der Waals surface area contributed by atoms with Gasteiger partial charge in [0.2, 0.25) is 0 Å². The van der Waals surface area contributed by atoms with Crippen molar-refractivity contribution in [3.05, 3.63) is 35.9 Å². The van der Waals surface area contributed by atoms with Crippen molar-refractivity contribution in [2.24, 2.45) is 0 Å². The predicted molar refractivity (Wildman–Crippen MR) is 57.2 cm³/mol. The summed E-state index contributed by atoms with van der Waals surface area (Å²) in [7, 11) is 1.70. The van der Waals surface area contributed by atoms with Crippen LogP contribution in [0, 0.1) is 0 Å². The van der Waals surface area contributed by atoms with Gasteiger partial charge in [0.25, 0.3) is 0 Å². The molecule has 0 aromatic heterocycles. The third kappa shape index (κ3) is 3.90. The zero-order valence-corrected chi connectivity index (χ0v) is 8.90. The van der Waals surface area contributed by atoms with Gasteiger partial charge >= 0.3 is 0 Å². The molecule has 0 heterocycles. The molecule has 14 heavy (non-hydrogen) atoms. The van der Waals surface area contributed by atoms with Crippen molar-refractivity contribution >= 4 is 0 Å². The van der Waals surface area contributed by atoms with Crippen molar-refractivity contribution in [2.75, 3.05) is 13.7 Å². The molecule has 0 aliphatic carbocycles. The summed E-state index contributed by atoms with van der Waals surface area (Å²) in [6.07, 6.45) is 1.20. The van der Waals surface area contributed by atoms with Crippen LogP contribution in [-0.2, 0) is 16.1 Å². The van der Waals surface area contributed by atoms with E-state index in [9.17, 15) is 0 Å². The molecule has 0 N–H and O–H groups in total. The van der Waals surface area contributed by atoms with E-state index in [-0.39, 0.29) is 6.10 Å². The molecule has 1 unspecified atom stereocenters. The van der Waals surface area contributed by atoms with Gasteiger partial charge in [-0.05, 0) is 12.0 Å². The molecule has 0 spiro atoms. The number of benzene rings is 1. The van der Waals surface area contributed by atoms with Gasteiger partial charge < -0.3 is 9.47 Å². The summed E-state index contributed by atoms with van der Waals surface area (Å²) in [4.78, 5) is 0. The Morgan fingerprint density at radius 2 is 1.93 bits per heavy atom. The fourth-order valence-electron chi connectivity index (χ4n) is 1.26. The molecule has 1 rings (SSSR count). The van der Waals surface area contributed by atoms with Crippen LogP contribution in [0.1, 0.15) is 18.9 Å². The van der Waals surface area contributed by atoms with Crippen molar-refractivity contribution < 1.29 is 9.47 Å². The van der Waals surface area contributed by atoms with Gasteiger partial charge in [-0.1, -0.05) is 37.3 Å². The normalized spacial score (nSPS) is 12.7. The fraction of sp³-hybridized carbons (Fsp3) is 0.500. The highest BCUT2D eigenvalue weighted by Crippen LogP contribution is 2.05. The lowest BCUT2D eigenvalue weighted by atomic mass is 10.2. The average Bonchev–Trinajstić information content (AvgIpc) is 2.25. The van der Waals surface area contributed by atoms with Crippen LogP contribution in [0.15, 0.2) is 30.3 Å². The second kappa shape index (κ2) is 6.57. The molecule has 78 valence electrons. The first kappa shape index (κ1) is 11.2. The van der Waals surface area contributed by atoms with E-state index in [1.807, 2.05) is 18.2 Å². The largest absolute Gasteiger partial charge is 0.382 e. The van der Waals surface area contributed by atoms with E-state index in [2.05, 4.69) is 19.1 Å². The number of rotatable bonds is 6. The average molecular weight is 194 g/mol. The summed E-state index contributed by atoms with van der Waals surface area (Å²) in [6.45, 7) is 3.45. The van der Waals surface area contributed by atoms with E-state index in [4.69, 9.17) is 9.47 Å². The minimum absolute atomic E-state index is 0.209. The molecule has 2 nitrogen and oxygen atoms in total. The zero-order valence-electron chi connectivity index (χ0n) is 8.90. The Labute approximate surface area is 85.8 Å². The quantitative estimate of drug-likeness (QED) is 0.693. The molecule has 0 amide bonds. The Bertz CT molecular complexity index is 233. The van der Waals surface area contributed by atoms with Gasteiger partial charge in [-0.25, -0.2) is 0 Å². The Kier molecular flexibility index (Phi) is 5.27. The molecular weight excluding hydrogens is 176 g/mol. The third-order valence-corrected chi connectivity index (χ3v) is 2.14. The minimum atomic E-state index is 0.209. The first-order chi connectivity index (χ1) is 6.86. The van der Waals surface area contributed by atoms with Crippen LogP contribution in [0.25, 0.3) is 0 Å². The van der Waals surface area contributed by atoms with Crippen molar-refractivity contribution in [3.63, 3.8) is 0 Å². The molecule has 0 aliphatic rings. The van der Waals surface area contributed by atoms with Gasteiger partial charge in [0, 0.05) is 7.11 Å². The topological polar surface area (TPSA) is 18.5 Å². The van der Waals surface area contributed by atoms with Crippen molar-refractivity contribution in [1.29, 1.82) is 0 Å². The maximum Gasteiger partial charge on any atom is 0.0810 e. The minimum Gasteiger partial charge on any atom is -0.382 e. The standard InChI is InChI=1S/C12H18O2/c1-3-12(10-13-2)14-9-11-7-5-4-6-8-11/h4-8,12H,3,9-10H2,1-2H3. The Morgan fingerprint density at radius 3 is 2.50 bits per heavy atom. The zero-order chi connectivity index (χ0) is 10.2. The van der Waals surface area contributed by atoms with Gasteiger partial charge in [0.05, 0.1) is 19.3 Å². The number of hydrogen-bond acceptors (Lipinski definition) is 2. The van der Waals surface area contributed by atoms with Crippen molar-refractivity contribution in [1.82, 2.24) is 0 Å². The maximum atomic E-state index is 5.69. The summed E-state index contributed by atoms with van der Waals surface area (Å²) < 4.78 is 10.8. The fourth-order valence-corrected chi connectivity index (χ4v) is 1.26. The molecule has 0 aliphatic heterocycles. The smallest absolute Gasteiger partial charge is 0.0810 e. The Morgan fingerprint density at radius 1 is 1.21 bits per heavy atom. The number of hydrogen-bond donors (Lipinski definition) is 0. The second-order valence-corrected chi connectivity index (χ2v) is 3.28. The molecule has 0 saturated heterocycles. The molecule has 0 saturated carbocycles. The monoisotopic (exact) mass is 194 g/mol. The van der Waals surface area contributed by atoms with Crippen LogP contribution < -0.4 is 0 Å². The second-order valence-electron chi connectivity index (χ2n) is 3.28. The SMILES string of the molecule is CCC(COC)OCc1ccccc1. The van der Waals surface area contributed by atoms with Crippen LogP contribution in [0.4, 0.5) is 0 Å². The van der Waals surface area contributed by atoms with E-state index >= 15 is 0 Å². The predicted octanol–water partition coefficient (Wildman–Crippen LogP) is 2.63. The molecule has 1 atom stereocenters. The third-order valence-electron chi connectivity index (χ3n) is 2.14. The molecule has 0 radical (unpaired) electrons. The van der Waals surface area contributed by atoms with Crippen molar-refractivity contribution in [2.45, 2.75) is 26.1 Å². The summed E-state index contributed by atoms with van der Waals surface area (Å²) >= 11 is 0. The number of methoxy groups -OCH3 is 1. The summed E-state index contributed by atoms with van der Waals surface area (Å²) in [5, 5.41) is 0. The van der Waals surface area contributed by atoms with Crippen LogP contribution in [0.3, 0.4) is 0 Å². The highest BCUT2D eigenvalue weighted by molar-refractivity contribution is 5.13. The first-order valence-electron chi connectivity index (χ1n) is 5.01. The van der Waals surface area contributed by atoms with Gasteiger partial charge in [-0.3, -0.25) is 0 Å². The van der Waals surface area contributed by atoms with Crippen molar-refractivity contribution in [3.8, 4) is 0 Å². The lowest BCUT2D eigenvalue weighted by Gasteiger charge is -2.14. The van der Waals surface area contributed by atoms with Crippen LogP contribution in [0.5, 0.6) is 0 Å². The lowest BCUT2D eigenvalue weighted by molar-refractivity contribution is -0.0128. The molecule has 0 fully saturated rings. The van der Waals surface area contributed by atoms with Crippen LogP contribution >= 0.6 is 0 Å². The maximum absolute atomic E-state index is 5.69. The molecule has 1 aromatic carbocycles. The van der Waals surface area contributed by atoms with E-state index in [1.165, 1.54) is 5.56 Å². The van der Waals surface area contributed by atoms with Crippen LogP contribution in [0.2, 0.25) is 0 Å². The van der Waals surface area contributed by atoms with E-state index < -0.39 is 0 Å². The summed E-state index contributed by atoms with van der Waals surface area (Å²) in [5.41, 5.74) is 1.21. The first-order valence-corrected chi connectivity index (χ1v) is 5.01. The molecule has 1 aromatic rings. The van der Waals surface area contributed by atoms with Crippen LogP contribution in [-0.4, -0.2) is 19.8 Å².